The Kier molecular flexibility index (Phi) is 6.20. The molecule has 1 unspecified atom stereocenters. The maximum atomic E-state index is 12.3. The van der Waals surface area contributed by atoms with Gasteiger partial charge in [0.1, 0.15) is 0 Å². The standard InChI is InChI=1S/C16H23N3O/c1-12(2)7-14(11-18)9-16(20)19(3)15-6-4-5-13(8-15)10-17/h4-6,8,12,14H,7,9,11,18H2,1-3H3. The van der Waals surface area contributed by atoms with Gasteiger partial charge in [0.05, 0.1) is 11.6 Å². The van der Waals surface area contributed by atoms with Crippen molar-refractivity contribution in [1.29, 1.82) is 5.26 Å². The number of carbonyl (C=O) groups is 1. The van der Waals surface area contributed by atoms with Crippen LogP contribution in [0.2, 0.25) is 0 Å². The Labute approximate surface area is 121 Å². The third kappa shape index (κ3) is 4.67. The number of rotatable bonds is 6. The summed E-state index contributed by atoms with van der Waals surface area (Å²) in [6, 6.07) is 9.14. The summed E-state index contributed by atoms with van der Waals surface area (Å²) in [6.45, 7) is 4.79. The van der Waals surface area contributed by atoms with E-state index in [9.17, 15) is 4.79 Å². The minimum Gasteiger partial charge on any atom is -0.330 e. The van der Waals surface area contributed by atoms with Crippen LogP contribution in [-0.4, -0.2) is 19.5 Å². The molecule has 108 valence electrons. The Morgan fingerprint density at radius 3 is 2.70 bits per heavy atom. The lowest BCUT2D eigenvalue weighted by molar-refractivity contribution is -0.119. The third-order valence-electron chi connectivity index (χ3n) is 3.34. The van der Waals surface area contributed by atoms with Crippen LogP contribution >= 0.6 is 0 Å². The van der Waals surface area contributed by atoms with Gasteiger partial charge in [-0.2, -0.15) is 5.26 Å². The zero-order valence-corrected chi connectivity index (χ0v) is 12.5. The quantitative estimate of drug-likeness (QED) is 0.865. The summed E-state index contributed by atoms with van der Waals surface area (Å²) in [5.41, 5.74) is 7.04. The average molecular weight is 273 g/mol. The fourth-order valence-corrected chi connectivity index (χ4v) is 2.24. The summed E-state index contributed by atoms with van der Waals surface area (Å²) in [5.74, 6) is 0.781. The minimum atomic E-state index is 0.0381. The monoisotopic (exact) mass is 273 g/mol. The van der Waals surface area contributed by atoms with Crippen molar-refractivity contribution in [1.82, 2.24) is 0 Å². The Balaban J connectivity index is 2.73. The van der Waals surface area contributed by atoms with Crippen molar-refractivity contribution in [3.8, 4) is 6.07 Å². The van der Waals surface area contributed by atoms with Crippen LogP contribution in [0.15, 0.2) is 24.3 Å². The SMILES string of the molecule is CC(C)CC(CN)CC(=O)N(C)c1cccc(C#N)c1. The topological polar surface area (TPSA) is 70.1 Å². The van der Waals surface area contributed by atoms with Crippen LogP contribution in [0.1, 0.15) is 32.3 Å². The number of nitrogens with two attached hydrogens (primary N) is 1. The van der Waals surface area contributed by atoms with Crippen molar-refractivity contribution in [2.45, 2.75) is 26.7 Å². The molecule has 0 fully saturated rings. The van der Waals surface area contributed by atoms with Crippen LogP contribution < -0.4 is 10.6 Å². The highest BCUT2D eigenvalue weighted by atomic mass is 16.2. The van der Waals surface area contributed by atoms with E-state index in [0.29, 0.717) is 24.4 Å². The lowest BCUT2D eigenvalue weighted by Gasteiger charge is -2.22. The molecule has 0 radical (unpaired) electrons. The number of nitrogens with zero attached hydrogens (tertiary/aromatic N) is 2. The van der Waals surface area contributed by atoms with E-state index in [0.717, 1.165) is 12.1 Å². The molecule has 1 atom stereocenters. The molecular formula is C16H23N3O. The molecule has 1 amide bonds. The van der Waals surface area contributed by atoms with Crippen LogP contribution in [0.25, 0.3) is 0 Å². The molecule has 0 bridgehead atoms. The van der Waals surface area contributed by atoms with Crippen molar-refractivity contribution >= 4 is 11.6 Å². The van der Waals surface area contributed by atoms with Crippen LogP contribution in [0.4, 0.5) is 5.69 Å². The number of nitriles is 1. The molecule has 0 aromatic heterocycles. The maximum Gasteiger partial charge on any atom is 0.227 e. The molecule has 0 saturated heterocycles. The first-order chi connectivity index (χ1) is 9.47. The van der Waals surface area contributed by atoms with E-state index in [2.05, 4.69) is 19.9 Å². The smallest absolute Gasteiger partial charge is 0.227 e. The normalized spacial score (nSPS) is 12.0. The second-order valence-corrected chi connectivity index (χ2v) is 5.55. The highest BCUT2D eigenvalue weighted by Gasteiger charge is 2.18. The van der Waals surface area contributed by atoms with E-state index >= 15 is 0 Å². The van der Waals surface area contributed by atoms with Gasteiger partial charge >= 0.3 is 0 Å². The number of hydrogen-bond donors (Lipinski definition) is 1. The lowest BCUT2D eigenvalue weighted by atomic mass is 9.94. The summed E-state index contributed by atoms with van der Waals surface area (Å²) in [4.78, 5) is 13.9. The predicted molar refractivity (Wildman–Crippen MR) is 81.2 cm³/mol. The van der Waals surface area contributed by atoms with E-state index in [1.165, 1.54) is 0 Å². The molecule has 0 spiro atoms. The van der Waals surface area contributed by atoms with Crippen molar-refractivity contribution < 1.29 is 4.79 Å². The first-order valence-electron chi connectivity index (χ1n) is 6.94. The molecule has 4 heteroatoms. The Hall–Kier alpha value is -1.86. The summed E-state index contributed by atoms with van der Waals surface area (Å²) in [7, 11) is 1.74. The zero-order chi connectivity index (χ0) is 15.1. The van der Waals surface area contributed by atoms with Gasteiger partial charge < -0.3 is 10.6 Å². The first-order valence-corrected chi connectivity index (χ1v) is 6.94. The van der Waals surface area contributed by atoms with Gasteiger partial charge in [0.25, 0.3) is 0 Å². The maximum absolute atomic E-state index is 12.3. The molecule has 1 aromatic carbocycles. The highest BCUT2D eigenvalue weighted by molar-refractivity contribution is 5.93. The summed E-state index contributed by atoms with van der Waals surface area (Å²) in [6.07, 6.45) is 1.40. The Morgan fingerprint density at radius 1 is 1.45 bits per heavy atom. The fourth-order valence-electron chi connectivity index (χ4n) is 2.24. The molecule has 0 aliphatic rings. The molecule has 1 rings (SSSR count). The minimum absolute atomic E-state index is 0.0381. The van der Waals surface area contributed by atoms with E-state index in [1.54, 1.807) is 30.1 Å². The van der Waals surface area contributed by atoms with Crippen LogP contribution in [0, 0.1) is 23.2 Å². The van der Waals surface area contributed by atoms with E-state index < -0.39 is 0 Å². The largest absolute Gasteiger partial charge is 0.330 e. The average Bonchev–Trinajstić information content (AvgIpc) is 2.45. The first kappa shape index (κ1) is 16.2. The summed E-state index contributed by atoms with van der Waals surface area (Å²) < 4.78 is 0. The lowest BCUT2D eigenvalue weighted by Crippen LogP contribution is -2.30. The number of carbonyl (C=O) groups excluding carboxylic acids is 1. The van der Waals surface area contributed by atoms with Crippen LogP contribution in [0.3, 0.4) is 0 Å². The van der Waals surface area contributed by atoms with Gasteiger partial charge in [-0.3, -0.25) is 4.79 Å². The number of amides is 1. The molecule has 1 aromatic rings. The van der Waals surface area contributed by atoms with Crippen LogP contribution in [-0.2, 0) is 4.79 Å². The van der Waals surface area contributed by atoms with Gasteiger partial charge in [0.2, 0.25) is 5.91 Å². The highest BCUT2D eigenvalue weighted by Crippen LogP contribution is 2.19. The van der Waals surface area contributed by atoms with E-state index in [1.807, 2.05) is 6.07 Å². The van der Waals surface area contributed by atoms with E-state index in [-0.39, 0.29) is 11.8 Å². The van der Waals surface area contributed by atoms with Crippen molar-refractivity contribution in [3.05, 3.63) is 29.8 Å². The molecular weight excluding hydrogens is 250 g/mol. The molecule has 0 aliphatic heterocycles. The number of anilines is 1. The Bertz CT molecular complexity index is 491. The zero-order valence-electron chi connectivity index (χ0n) is 12.5. The van der Waals surface area contributed by atoms with Gasteiger partial charge in [-0.25, -0.2) is 0 Å². The molecule has 4 nitrogen and oxygen atoms in total. The second kappa shape index (κ2) is 7.66. The molecule has 0 heterocycles. The van der Waals surface area contributed by atoms with Crippen molar-refractivity contribution in [2.75, 3.05) is 18.5 Å². The fraction of sp³-hybridized carbons (Fsp3) is 0.500. The molecule has 20 heavy (non-hydrogen) atoms. The summed E-state index contributed by atoms with van der Waals surface area (Å²) >= 11 is 0. The van der Waals surface area contributed by atoms with Gasteiger partial charge in [-0.15, -0.1) is 0 Å². The summed E-state index contributed by atoms with van der Waals surface area (Å²) in [5, 5.41) is 8.90. The molecule has 0 aliphatic carbocycles. The van der Waals surface area contributed by atoms with Crippen molar-refractivity contribution in [3.63, 3.8) is 0 Å². The number of hydrogen-bond acceptors (Lipinski definition) is 3. The predicted octanol–water partition coefficient (Wildman–Crippen LogP) is 2.53. The van der Waals surface area contributed by atoms with Gasteiger partial charge in [-0.05, 0) is 43.0 Å². The second-order valence-electron chi connectivity index (χ2n) is 5.55. The van der Waals surface area contributed by atoms with Crippen molar-refractivity contribution in [2.24, 2.45) is 17.6 Å². The molecule has 0 saturated carbocycles. The van der Waals surface area contributed by atoms with E-state index in [4.69, 9.17) is 11.0 Å². The van der Waals surface area contributed by atoms with Gasteiger partial charge in [0.15, 0.2) is 0 Å². The number of benzene rings is 1. The Morgan fingerprint density at radius 2 is 2.15 bits per heavy atom. The van der Waals surface area contributed by atoms with Gasteiger partial charge in [-0.1, -0.05) is 19.9 Å². The third-order valence-corrected chi connectivity index (χ3v) is 3.34. The molecule has 2 N–H and O–H groups in total. The van der Waals surface area contributed by atoms with Crippen LogP contribution in [0.5, 0.6) is 0 Å². The van der Waals surface area contributed by atoms with Gasteiger partial charge in [0, 0.05) is 19.2 Å².